The second-order valence-electron chi connectivity index (χ2n) is 12.1. The number of carbonyl (C=O) groups excluding carboxylic acids is 2. The monoisotopic (exact) mass is 616 g/mol. The molecule has 2 heterocycles. The van der Waals surface area contributed by atoms with Crippen molar-refractivity contribution < 1.29 is 19.1 Å². The van der Waals surface area contributed by atoms with Gasteiger partial charge in [0.25, 0.3) is 5.56 Å². The predicted molar refractivity (Wildman–Crippen MR) is 175 cm³/mol. The first kappa shape index (κ1) is 37.0. The van der Waals surface area contributed by atoms with Crippen LogP contribution in [0.2, 0.25) is 0 Å². The number of H-pyrrole nitrogens is 2. The molecule has 2 aromatic heterocycles. The highest BCUT2D eigenvalue weighted by atomic mass is 16.5. The van der Waals surface area contributed by atoms with Crippen LogP contribution in [-0.2, 0) is 25.5 Å². The van der Waals surface area contributed by atoms with Gasteiger partial charge in [0, 0.05) is 18.8 Å². The lowest BCUT2D eigenvalue weighted by Crippen LogP contribution is -2.38. The van der Waals surface area contributed by atoms with Gasteiger partial charge in [-0.15, -0.1) is 0 Å². The van der Waals surface area contributed by atoms with E-state index in [-0.39, 0.29) is 48.1 Å². The van der Waals surface area contributed by atoms with E-state index in [2.05, 4.69) is 39.0 Å². The molecule has 11 heteroatoms. The van der Waals surface area contributed by atoms with E-state index < -0.39 is 17.6 Å². The third-order valence-electron chi connectivity index (χ3n) is 7.79. The average Bonchev–Trinajstić information content (AvgIpc) is 3.39. The van der Waals surface area contributed by atoms with E-state index in [1.54, 1.807) is 0 Å². The minimum Gasteiger partial charge on any atom is -0.466 e. The molecule has 0 radical (unpaired) electrons. The van der Waals surface area contributed by atoms with Crippen LogP contribution >= 0.6 is 0 Å². The van der Waals surface area contributed by atoms with Crippen molar-refractivity contribution in [3.05, 3.63) is 28.3 Å². The number of aromatic amines is 2. The number of nitrogens with one attached hydrogen (secondary N) is 2. The number of anilines is 1. The van der Waals surface area contributed by atoms with Crippen LogP contribution in [0.3, 0.4) is 0 Å². The first-order chi connectivity index (χ1) is 21.2. The quantitative estimate of drug-likeness (QED) is 0.0636. The van der Waals surface area contributed by atoms with E-state index in [1.807, 2.05) is 13.8 Å². The first-order valence-electron chi connectivity index (χ1n) is 16.7. The van der Waals surface area contributed by atoms with Gasteiger partial charge in [-0.25, -0.2) is 4.98 Å². The summed E-state index contributed by atoms with van der Waals surface area (Å²) in [6, 6.07) is -0.727. The summed E-state index contributed by atoms with van der Waals surface area (Å²) in [5, 5.41) is 0. The predicted octanol–water partition coefficient (Wildman–Crippen LogP) is 5.88. The molecule has 0 aliphatic carbocycles. The van der Waals surface area contributed by atoms with Crippen LogP contribution in [0.1, 0.15) is 123 Å². The number of esters is 2. The Labute approximate surface area is 262 Å². The zero-order valence-corrected chi connectivity index (χ0v) is 27.2. The van der Waals surface area contributed by atoms with Gasteiger partial charge in [0.05, 0.1) is 13.2 Å². The van der Waals surface area contributed by atoms with Gasteiger partial charge in [-0.2, -0.15) is 4.98 Å². The fourth-order valence-electron chi connectivity index (χ4n) is 4.91. The standard InChI is InChI=1S/C33H56N6O5/c1-4-5-6-7-8-9-10-11-12-13-14-15-16-17-18-19-27(40)43-21-20-25(23-44-32(42)28(34)24(2)3)22-26-36-29-30(37-26)38-33(35)39-31(29)41/h14-15,24-25,28H,4-13,16-23,34H2,1-3H3,(H4,35,36,37,38,39,41)/t25?,28-/m0/s1. The van der Waals surface area contributed by atoms with Crippen LogP contribution in [0.4, 0.5) is 5.95 Å². The topological polar surface area (TPSA) is 179 Å². The Balaban J connectivity index is 1.67. The third kappa shape index (κ3) is 15.0. The Morgan fingerprint density at radius 2 is 1.52 bits per heavy atom. The molecule has 0 bridgehead atoms. The van der Waals surface area contributed by atoms with Crippen LogP contribution in [0.25, 0.3) is 11.2 Å². The summed E-state index contributed by atoms with van der Waals surface area (Å²) in [6.45, 7) is 6.21. The summed E-state index contributed by atoms with van der Waals surface area (Å²) in [6.07, 6.45) is 21.6. The number of nitrogen functional groups attached to an aromatic ring is 1. The smallest absolute Gasteiger partial charge is 0.323 e. The molecule has 0 aromatic carbocycles. The second kappa shape index (κ2) is 21.5. The largest absolute Gasteiger partial charge is 0.466 e. The molecule has 0 saturated carbocycles. The average molecular weight is 617 g/mol. The number of unbranched alkanes of at least 4 members (excludes halogenated alkanes) is 11. The van der Waals surface area contributed by atoms with E-state index in [1.165, 1.54) is 57.8 Å². The number of nitrogens with two attached hydrogens (primary N) is 2. The van der Waals surface area contributed by atoms with Crippen molar-refractivity contribution >= 4 is 29.1 Å². The maximum absolute atomic E-state index is 12.3. The van der Waals surface area contributed by atoms with Crippen molar-refractivity contribution in [2.45, 2.75) is 130 Å². The summed E-state index contributed by atoms with van der Waals surface area (Å²) in [5.41, 5.74) is 11.6. The van der Waals surface area contributed by atoms with E-state index >= 15 is 0 Å². The normalized spacial score (nSPS) is 13.1. The highest BCUT2D eigenvalue weighted by Crippen LogP contribution is 2.16. The zero-order chi connectivity index (χ0) is 32.2. The second-order valence-corrected chi connectivity index (χ2v) is 12.1. The molecule has 0 fully saturated rings. The van der Waals surface area contributed by atoms with Crippen molar-refractivity contribution in [2.24, 2.45) is 17.6 Å². The number of allylic oxidation sites excluding steroid dienone is 2. The van der Waals surface area contributed by atoms with Gasteiger partial charge in [-0.1, -0.05) is 84.3 Å². The Kier molecular flexibility index (Phi) is 18.1. The number of hydrogen-bond acceptors (Lipinski definition) is 9. The number of aromatic nitrogens is 4. The van der Waals surface area contributed by atoms with E-state index in [0.29, 0.717) is 25.1 Å². The lowest BCUT2D eigenvalue weighted by molar-refractivity contribution is -0.149. The minimum atomic E-state index is -0.727. The molecule has 0 aliphatic heterocycles. The number of hydrogen-bond donors (Lipinski definition) is 4. The Bertz CT molecular complexity index is 1190. The Morgan fingerprint density at radius 3 is 2.18 bits per heavy atom. The van der Waals surface area contributed by atoms with Crippen molar-refractivity contribution in [3.63, 3.8) is 0 Å². The molecule has 1 unspecified atom stereocenters. The maximum Gasteiger partial charge on any atom is 0.323 e. The molecule has 11 nitrogen and oxygen atoms in total. The van der Waals surface area contributed by atoms with Crippen LogP contribution in [0, 0.1) is 11.8 Å². The summed E-state index contributed by atoms with van der Waals surface area (Å²) in [7, 11) is 0. The summed E-state index contributed by atoms with van der Waals surface area (Å²) >= 11 is 0. The number of ether oxygens (including phenoxy) is 2. The van der Waals surface area contributed by atoms with E-state index in [0.717, 1.165) is 25.7 Å². The van der Waals surface area contributed by atoms with Crippen LogP contribution in [-0.4, -0.2) is 51.1 Å². The van der Waals surface area contributed by atoms with E-state index in [4.69, 9.17) is 20.9 Å². The lowest BCUT2D eigenvalue weighted by atomic mass is 10.0. The highest BCUT2D eigenvalue weighted by molar-refractivity contribution is 5.75. The van der Waals surface area contributed by atoms with Gasteiger partial charge in [0.2, 0.25) is 5.95 Å². The summed E-state index contributed by atoms with van der Waals surface area (Å²) < 4.78 is 11.0. The highest BCUT2D eigenvalue weighted by Gasteiger charge is 2.22. The molecule has 0 saturated heterocycles. The van der Waals surface area contributed by atoms with Gasteiger partial charge < -0.3 is 25.9 Å². The molecule has 0 spiro atoms. The van der Waals surface area contributed by atoms with Crippen molar-refractivity contribution in [1.82, 2.24) is 19.9 Å². The van der Waals surface area contributed by atoms with Gasteiger partial charge in [0.15, 0.2) is 11.2 Å². The molecule has 2 aromatic rings. The SMILES string of the molecule is CCCCCCCCCCCC=CCCCCC(=O)OCCC(COC(=O)[C@@H](N)C(C)C)Cc1nc2nc(N)[nH]c(=O)c2[nH]1. The van der Waals surface area contributed by atoms with Crippen molar-refractivity contribution in [2.75, 3.05) is 18.9 Å². The lowest BCUT2D eigenvalue weighted by Gasteiger charge is -2.19. The van der Waals surface area contributed by atoms with E-state index in [9.17, 15) is 14.4 Å². The maximum atomic E-state index is 12.3. The molecular formula is C33H56N6O5. The van der Waals surface area contributed by atoms with Gasteiger partial charge in [0.1, 0.15) is 11.9 Å². The Morgan fingerprint density at radius 1 is 0.886 bits per heavy atom. The summed E-state index contributed by atoms with van der Waals surface area (Å²) in [4.78, 5) is 50.6. The fraction of sp³-hybridized carbons (Fsp3) is 0.727. The number of rotatable bonds is 24. The number of carbonyl (C=O) groups is 2. The fourth-order valence-corrected chi connectivity index (χ4v) is 4.91. The summed E-state index contributed by atoms with van der Waals surface area (Å²) in [5.74, 6) is -0.536. The van der Waals surface area contributed by atoms with Gasteiger partial charge >= 0.3 is 11.9 Å². The van der Waals surface area contributed by atoms with Crippen LogP contribution < -0.4 is 17.0 Å². The molecule has 0 aliphatic rings. The van der Waals surface area contributed by atoms with Gasteiger partial charge in [-0.05, 0) is 44.4 Å². The molecule has 44 heavy (non-hydrogen) atoms. The van der Waals surface area contributed by atoms with Crippen molar-refractivity contribution in [1.29, 1.82) is 0 Å². The van der Waals surface area contributed by atoms with Crippen LogP contribution in [0.15, 0.2) is 16.9 Å². The van der Waals surface area contributed by atoms with Gasteiger partial charge in [-0.3, -0.25) is 19.4 Å². The molecule has 2 atom stereocenters. The minimum absolute atomic E-state index is 0.0225. The first-order valence-corrected chi connectivity index (χ1v) is 16.7. The molecule has 2 rings (SSSR count). The Hall–Kier alpha value is -3.21. The number of fused-ring (bicyclic) bond motifs is 1. The zero-order valence-electron chi connectivity index (χ0n) is 27.2. The molecular weight excluding hydrogens is 560 g/mol. The number of imidazole rings is 1. The molecule has 6 N–H and O–H groups in total. The third-order valence-corrected chi connectivity index (χ3v) is 7.79. The van der Waals surface area contributed by atoms with Crippen molar-refractivity contribution in [3.8, 4) is 0 Å². The molecule has 248 valence electrons. The molecule has 0 amide bonds. The van der Waals surface area contributed by atoms with Crippen LogP contribution in [0.5, 0.6) is 0 Å². The number of nitrogens with zero attached hydrogens (tertiary/aromatic N) is 2.